The van der Waals surface area contributed by atoms with Crippen LogP contribution in [0.4, 0.5) is 0 Å². The monoisotopic (exact) mass is 356 g/mol. The second kappa shape index (κ2) is 6.12. The van der Waals surface area contributed by atoms with Gasteiger partial charge in [-0.3, -0.25) is 0 Å². The summed E-state index contributed by atoms with van der Waals surface area (Å²) in [4.78, 5) is 0. The summed E-state index contributed by atoms with van der Waals surface area (Å²) >= 11 is 0. The van der Waals surface area contributed by atoms with Crippen LogP contribution in [0.25, 0.3) is 21.9 Å². The van der Waals surface area contributed by atoms with Gasteiger partial charge in [-0.05, 0) is 66.7 Å². The van der Waals surface area contributed by atoms with Crippen LogP contribution in [0.5, 0.6) is 5.75 Å². The summed E-state index contributed by atoms with van der Waals surface area (Å²) in [6.07, 6.45) is 3.87. The highest BCUT2D eigenvalue weighted by Gasteiger charge is 2.46. The quantitative estimate of drug-likeness (QED) is 0.448. The Balaban J connectivity index is 1.80. The van der Waals surface area contributed by atoms with Crippen LogP contribution in [-0.4, -0.2) is 5.60 Å². The molecular formula is C26H28O. The van der Waals surface area contributed by atoms with Crippen molar-refractivity contribution in [3.05, 3.63) is 66.2 Å². The largest absolute Gasteiger partial charge is 0.487 e. The molecule has 1 aliphatic heterocycles. The van der Waals surface area contributed by atoms with Crippen LogP contribution in [-0.2, 0) is 0 Å². The Labute approximate surface area is 162 Å². The van der Waals surface area contributed by atoms with Crippen molar-refractivity contribution >= 4 is 10.8 Å². The molecule has 0 saturated heterocycles. The zero-order valence-corrected chi connectivity index (χ0v) is 16.5. The average Bonchev–Trinajstić information content (AvgIpc) is 2.68. The molecule has 0 bridgehead atoms. The first-order valence-corrected chi connectivity index (χ1v) is 10.3. The molecule has 5 rings (SSSR count). The van der Waals surface area contributed by atoms with Crippen molar-refractivity contribution in [3.63, 3.8) is 0 Å². The molecule has 3 aromatic carbocycles. The molecule has 1 heteroatoms. The normalized spacial score (nSPS) is 26.1. The van der Waals surface area contributed by atoms with Crippen LogP contribution >= 0.6 is 0 Å². The van der Waals surface area contributed by atoms with Crippen LogP contribution in [0.2, 0.25) is 0 Å². The van der Waals surface area contributed by atoms with E-state index in [1.54, 1.807) is 0 Å². The first-order valence-electron chi connectivity index (χ1n) is 10.3. The van der Waals surface area contributed by atoms with Gasteiger partial charge in [-0.1, -0.05) is 67.9 Å². The van der Waals surface area contributed by atoms with E-state index in [1.165, 1.54) is 46.7 Å². The lowest BCUT2D eigenvalue weighted by Crippen LogP contribution is -2.46. The van der Waals surface area contributed by atoms with Gasteiger partial charge in [-0.15, -0.1) is 0 Å². The predicted molar refractivity (Wildman–Crippen MR) is 113 cm³/mol. The van der Waals surface area contributed by atoms with Gasteiger partial charge in [0.1, 0.15) is 11.4 Å². The lowest BCUT2D eigenvalue weighted by molar-refractivity contribution is -0.0121. The van der Waals surface area contributed by atoms with Crippen molar-refractivity contribution in [2.24, 2.45) is 11.8 Å². The number of benzene rings is 3. The van der Waals surface area contributed by atoms with Gasteiger partial charge < -0.3 is 4.74 Å². The van der Waals surface area contributed by atoms with E-state index < -0.39 is 0 Å². The lowest BCUT2D eigenvalue weighted by Gasteiger charge is -2.49. The molecule has 0 radical (unpaired) electrons. The van der Waals surface area contributed by atoms with E-state index in [-0.39, 0.29) is 5.60 Å². The van der Waals surface area contributed by atoms with E-state index >= 15 is 0 Å². The molecule has 0 spiro atoms. The van der Waals surface area contributed by atoms with Gasteiger partial charge in [0.25, 0.3) is 0 Å². The molecule has 1 saturated carbocycles. The Kier molecular flexibility index (Phi) is 3.82. The van der Waals surface area contributed by atoms with Crippen LogP contribution in [0.3, 0.4) is 0 Å². The van der Waals surface area contributed by atoms with Crippen LogP contribution < -0.4 is 4.74 Å². The first-order chi connectivity index (χ1) is 13.0. The third-order valence-electron chi connectivity index (χ3n) is 6.88. The summed E-state index contributed by atoms with van der Waals surface area (Å²) in [5, 5.41) is 2.55. The Morgan fingerprint density at radius 2 is 1.59 bits per heavy atom. The van der Waals surface area contributed by atoms with Crippen molar-refractivity contribution in [2.75, 3.05) is 0 Å². The number of fused-ring (bicyclic) bond motifs is 5. The second-order valence-corrected chi connectivity index (χ2v) is 9.09. The summed E-state index contributed by atoms with van der Waals surface area (Å²) in [5.41, 5.74) is 3.96. The van der Waals surface area contributed by atoms with Crippen molar-refractivity contribution in [2.45, 2.75) is 51.6 Å². The van der Waals surface area contributed by atoms with E-state index in [2.05, 4.69) is 81.4 Å². The topological polar surface area (TPSA) is 9.23 Å². The third kappa shape index (κ3) is 2.67. The van der Waals surface area contributed by atoms with Gasteiger partial charge in [0.2, 0.25) is 0 Å². The van der Waals surface area contributed by atoms with Crippen molar-refractivity contribution in [1.29, 1.82) is 0 Å². The highest BCUT2D eigenvalue weighted by atomic mass is 16.5. The van der Waals surface area contributed by atoms with Crippen LogP contribution in [0, 0.1) is 11.8 Å². The summed E-state index contributed by atoms with van der Waals surface area (Å²) in [6, 6.07) is 22.0. The smallest absolute Gasteiger partial charge is 0.131 e. The molecule has 0 aromatic heterocycles. The van der Waals surface area contributed by atoms with Gasteiger partial charge in [-0.25, -0.2) is 0 Å². The van der Waals surface area contributed by atoms with Crippen LogP contribution in [0.1, 0.15) is 51.5 Å². The highest BCUT2D eigenvalue weighted by molar-refractivity contribution is 6.01. The minimum atomic E-state index is -0.102. The average molecular weight is 357 g/mol. The van der Waals surface area contributed by atoms with Gasteiger partial charge in [-0.2, -0.15) is 0 Å². The molecule has 3 aromatic rings. The van der Waals surface area contributed by atoms with E-state index in [0.29, 0.717) is 11.8 Å². The van der Waals surface area contributed by atoms with E-state index in [4.69, 9.17) is 4.74 Å². The molecule has 1 fully saturated rings. The Hall–Kier alpha value is -2.28. The number of hydrogen-bond acceptors (Lipinski definition) is 1. The van der Waals surface area contributed by atoms with E-state index in [9.17, 15) is 0 Å². The summed E-state index contributed by atoms with van der Waals surface area (Å²) in [6.45, 7) is 7.00. The molecule has 3 atom stereocenters. The molecule has 0 N–H and O–H groups in total. The molecule has 0 amide bonds. The maximum Gasteiger partial charge on any atom is 0.131 e. The maximum absolute atomic E-state index is 6.73. The van der Waals surface area contributed by atoms with Crippen molar-refractivity contribution in [1.82, 2.24) is 0 Å². The molecule has 1 nitrogen and oxygen atoms in total. The molecule has 2 aliphatic rings. The third-order valence-corrected chi connectivity index (χ3v) is 6.88. The zero-order valence-electron chi connectivity index (χ0n) is 16.5. The van der Waals surface area contributed by atoms with E-state index in [0.717, 1.165) is 11.7 Å². The number of ether oxygens (including phenoxy) is 1. The SMILES string of the molecule is C[C@H]1CC[C@H]2[C@H](C1)c1cc(-c3ccccc3)c3ccccc3c1OC2(C)C. The second-order valence-electron chi connectivity index (χ2n) is 9.09. The van der Waals surface area contributed by atoms with Gasteiger partial charge in [0.05, 0.1) is 0 Å². The lowest BCUT2D eigenvalue weighted by atomic mass is 9.64. The highest BCUT2D eigenvalue weighted by Crippen LogP contribution is 2.55. The standard InChI is InChI=1S/C26H28O/c1-17-13-14-24-22(15-17)23-16-21(18-9-5-4-6-10-18)19-11-7-8-12-20(19)25(23)27-26(24,2)3/h4-12,16-17,22,24H,13-15H2,1-3H3/t17-,22+,24-/m0/s1. The minimum absolute atomic E-state index is 0.102. The first kappa shape index (κ1) is 16.9. The fourth-order valence-electron chi connectivity index (χ4n) is 5.51. The molecule has 1 aliphatic carbocycles. The fraction of sp³-hybridized carbons (Fsp3) is 0.385. The zero-order chi connectivity index (χ0) is 18.6. The van der Waals surface area contributed by atoms with Crippen LogP contribution in [0.15, 0.2) is 60.7 Å². The summed E-state index contributed by atoms with van der Waals surface area (Å²) in [7, 11) is 0. The summed E-state index contributed by atoms with van der Waals surface area (Å²) in [5.74, 6) is 3.12. The van der Waals surface area contributed by atoms with Crippen molar-refractivity contribution in [3.8, 4) is 16.9 Å². The molecular weight excluding hydrogens is 328 g/mol. The van der Waals surface area contributed by atoms with Gasteiger partial charge in [0, 0.05) is 11.3 Å². The Morgan fingerprint density at radius 3 is 2.37 bits per heavy atom. The Bertz CT molecular complexity index is 986. The molecule has 0 unspecified atom stereocenters. The fourth-order valence-corrected chi connectivity index (χ4v) is 5.51. The van der Waals surface area contributed by atoms with Gasteiger partial charge in [0.15, 0.2) is 0 Å². The molecule has 1 heterocycles. The maximum atomic E-state index is 6.73. The van der Waals surface area contributed by atoms with Crippen molar-refractivity contribution < 1.29 is 4.74 Å². The number of rotatable bonds is 1. The number of hydrogen-bond donors (Lipinski definition) is 0. The molecule has 27 heavy (non-hydrogen) atoms. The Morgan fingerprint density at radius 1 is 0.889 bits per heavy atom. The predicted octanol–water partition coefficient (Wildman–Crippen LogP) is 7.20. The summed E-state index contributed by atoms with van der Waals surface area (Å²) < 4.78 is 6.73. The molecule has 138 valence electrons. The van der Waals surface area contributed by atoms with Gasteiger partial charge >= 0.3 is 0 Å². The van der Waals surface area contributed by atoms with E-state index in [1.807, 2.05) is 0 Å². The minimum Gasteiger partial charge on any atom is -0.487 e.